The van der Waals surface area contributed by atoms with Gasteiger partial charge in [-0.25, -0.2) is 9.98 Å². The molecule has 0 aromatic heterocycles. The van der Waals surface area contributed by atoms with Crippen molar-refractivity contribution in [2.45, 2.75) is 6.17 Å². The first kappa shape index (κ1) is 12.1. The SMILES string of the molecule is CN1N=C(N)C2=CN(COCCO)C3=NC=NC1[C@H]23. The van der Waals surface area contributed by atoms with Gasteiger partial charge in [0.25, 0.3) is 0 Å². The molecule has 0 saturated carbocycles. The van der Waals surface area contributed by atoms with E-state index in [1.54, 1.807) is 11.3 Å². The highest BCUT2D eigenvalue weighted by molar-refractivity contribution is 6.09. The number of aliphatic hydroxyl groups excluding tert-OH is 1. The molecule has 0 aromatic carbocycles. The van der Waals surface area contributed by atoms with Gasteiger partial charge in [0.1, 0.15) is 24.7 Å². The van der Waals surface area contributed by atoms with E-state index in [4.69, 9.17) is 15.6 Å². The number of nitrogens with two attached hydrogens (primary N) is 1. The van der Waals surface area contributed by atoms with Crippen molar-refractivity contribution in [2.24, 2.45) is 26.7 Å². The Bertz CT molecular complexity index is 497. The predicted octanol–water partition coefficient (Wildman–Crippen LogP) is -1.25. The summed E-state index contributed by atoms with van der Waals surface area (Å²) in [5.41, 5.74) is 6.88. The van der Waals surface area contributed by atoms with E-state index < -0.39 is 0 Å². The van der Waals surface area contributed by atoms with Gasteiger partial charge in [0.15, 0.2) is 6.17 Å². The zero-order chi connectivity index (χ0) is 13.4. The molecule has 1 unspecified atom stereocenters. The molecule has 0 aromatic rings. The second-order valence-corrected chi connectivity index (χ2v) is 4.52. The van der Waals surface area contributed by atoms with Crippen molar-refractivity contribution in [3.05, 3.63) is 11.8 Å². The zero-order valence-electron chi connectivity index (χ0n) is 10.6. The Morgan fingerprint density at radius 1 is 1.53 bits per heavy atom. The molecule has 0 spiro atoms. The first-order valence-electron chi connectivity index (χ1n) is 6.06. The summed E-state index contributed by atoms with van der Waals surface area (Å²) in [5.74, 6) is 1.35. The molecule has 19 heavy (non-hydrogen) atoms. The fourth-order valence-electron chi connectivity index (χ4n) is 2.48. The van der Waals surface area contributed by atoms with Crippen molar-refractivity contribution in [3.63, 3.8) is 0 Å². The first-order chi connectivity index (χ1) is 9.22. The number of nitrogens with zero attached hydrogens (tertiary/aromatic N) is 5. The Hall–Kier alpha value is -1.93. The Kier molecular flexibility index (Phi) is 2.96. The first-order valence-corrected chi connectivity index (χ1v) is 6.06. The molecule has 3 rings (SSSR count). The molecule has 0 amide bonds. The molecule has 0 saturated heterocycles. The van der Waals surface area contributed by atoms with Crippen molar-refractivity contribution >= 4 is 18.0 Å². The van der Waals surface area contributed by atoms with Gasteiger partial charge in [0, 0.05) is 18.8 Å². The molecule has 3 aliphatic rings. The van der Waals surface area contributed by atoms with Crippen LogP contribution >= 0.6 is 0 Å². The number of hydrogen-bond acceptors (Lipinski definition) is 8. The quantitative estimate of drug-likeness (QED) is 0.618. The lowest BCUT2D eigenvalue weighted by molar-refractivity contribution is 0.0548. The third-order valence-electron chi connectivity index (χ3n) is 3.32. The zero-order valence-corrected chi connectivity index (χ0v) is 10.6. The van der Waals surface area contributed by atoms with Gasteiger partial charge in [-0.15, -0.1) is 0 Å². The van der Waals surface area contributed by atoms with Gasteiger partial charge >= 0.3 is 0 Å². The average molecular weight is 264 g/mol. The van der Waals surface area contributed by atoms with Crippen LogP contribution in [0.25, 0.3) is 0 Å². The second-order valence-electron chi connectivity index (χ2n) is 4.52. The standard InChI is InChI=1S/C11H16N6O2/c1-16-10-8-7(9(12)15-16)4-17(6-19-3-2-18)11(8)14-5-13-10/h4-5,8,10,18H,2-3,6H2,1H3,(H2,12,15)/t8-,10?/m0/s1. The van der Waals surface area contributed by atoms with Crippen LogP contribution in [-0.4, -0.2) is 66.2 Å². The van der Waals surface area contributed by atoms with E-state index in [0.29, 0.717) is 19.2 Å². The van der Waals surface area contributed by atoms with Crippen LogP contribution in [0, 0.1) is 5.92 Å². The Labute approximate surface area is 110 Å². The highest BCUT2D eigenvalue weighted by atomic mass is 16.5. The van der Waals surface area contributed by atoms with E-state index in [-0.39, 0.29) is 18.7 Å². The third kappa shape index (κ3) is 1.89. The van der Waals surface area contributed by atoms with Crippen LogP contribution < -0.4 is 5.73 Å². The largest absolute Gasteiger partial charge is 0.394 e. The summed E-state index contributed by atoms with van der Waals surface area (Å²) >= 11 is 0. The van der Waals surface area contributed by atoms with Gasteiger partial charge < -0.3 is 20.5 Å². The molecule has 102 valence electrons. The second kappa shape index (κ2) is 4.63. The van der Waals surface area contributed by atoms with Crippen LogP contribution in [0.2, 0.25) is 0 Å². The molecule has 8 nitrogen and oxygen atoms in total. The van der Waals surface area contributed by atoms with Crippen LogP contribution in [0.4, 0.5) is 0 Å². The smallest absolute Gasteiger partial charge is 0.152 e. The van der Waals surface area contributed by atoms with Gasteiger partial charge in [0.05, 0.1) is 19.1 Å². The summed E-state index contributed by atoms with van der Waals surface area (Å²) in [6, 6.07) is 0. The van der Waals surface area contributed by atoms with E-state index in [9.17, 15) is 0 Å². The normalized spacial score (nSPS) is 28.0. The van der Waals surface area contributed by atoms with Crippen LogP contribution in [0.1, 0.15) is 0 Å². The van der Waals surface area contributed by atoms with E-state index >= 15 is 0 Å². The lowest BCUT2D eigenvalue weighted by Crippen LogP contribution is -2.47. The molecule has 3 aliphatic heterocycles. The summed E-state index contributed by atoms with van der Waals surface area (Å²) in [4.78, 5) is 10.5. The minimum atomic E-state index is -0.103. The minimum Gasteiger partial charge on any atom is -0.394 e. The summed E-state index contributed by atoms with van der Waals surface area (Å²) in [5, 5.41) is 14.8. The van der Waals surface area contributed by atoms with Crippen molar-refractivity contribution in [2.75, 3.05) is 27.0 Å². The Morgan fingerprint density at radius 3 is 3.16 bits per heavy atom. The summed E-state index contributed by atoms with van der Waals surface area (Å²) in [6.07, 6.45) is 3.34. The molecule has 3 heterocycles. The maximum absolute atomic E-state index is 8.74. The van der Waals surface area contributed by atoms with Gasteiger partial charge in [-0.1, -0.05) is 0 Å². The molecule has 2 atom stereocenters. The van der Waals surface area contributed by atoms with E-state index in [1.807, 2.05) is 18.1 Å². The molecule has 8 heteroatoms. The molecular formula is C11H16N6O2. The molecule has 0 aliphatic carbocycles. The number of hydrazone groups is 1. The van der Waals surface area contributed by atoms with E-state index in [1.165, 1.54) is 0 Å². The fourth-order valence-corrected chi connectivity index (χ4v) is 2.48. The van der Waals surface area contributed by atoms with Crippen LogP contribution in [-0.2, 0) is 4.74 Å². The van der Waals surface area contributed by atoms with Gasteiger partial charge in [-0.3, -0.25) is 5.01 Å². The summed E-state index contributed by atoms with van der Waals surface area (Å²) in [6.45, 7) is 0.617. The number of ether oxygens (including phenoxy) is 1. The van der Waals surface area contributed by atoms with Gasteiger partial charge in [0.2, 0.25) is 0 Å². The molecule has 3 N–H and O–H groups in total. The molecule has 0 radical (unpaired) electrons. The Morgan fingerprint density at radius 2 is 2.37 bits per heavy atom. The number of aliphatic hydroxyl groups is 1. The predicted molar refractivity (Wildman–Crippen MR) is 70.4 cm³/mol. The average Bonchev–Trinajstić information content (AvgIpc) is 2.77. The topological polar surface area (TPSA) is 99.0 Å². The third-order valence-corrected chi connectivity index (χ3v) is 3.32. The van der Waals surface area contributed by atoms with Gasteiger partial charge in [-0.05, 0) is 0 Å². The summed E-state index contributed by atoms with van der Waals surface area (Å²) < 4.78 is 5.34. The lowest BCUT2D eigenvalue weighted by atomic mass is 9.95. The maximum atomic E-state index is 8.74. The number of aliphatic imine (C=N–C) groups is 2. The number of hydrogen-bond donors (Lipinski definition) is 2. The Balaban J connectivity index is 1.87. The number of rotatable bonds is 4. The fraction of sp³-hybridized carbons (Fsp3) is 0.545. The molecular weight excluding hydrogens is 248 g/mol. The van der Waals surface area contributed by atoms with Crippen molar-refractivity contribution in [1.29, 1.82) is 0 Å². The minimum absolute atomic E-state index is 0.00324. The van der Waals surface area contributed by atoms with Gasteiger partial charge in [-0.2, -0.15) is 5.10 Å². The highest BCUT2D eigenvalue weighted by Crippen LogP contribution is 2.34. The van der Waals surface area contributed by atoms with Crippen LogP contribution in [0.3, 0.4) is 0 Å². The maximum Gasteiger partial charge on any atom is 0.152 e. The van der Waals surface area contributed by atoms with Crippen LogP contribution in [0.5, 0.6) is 0 Å². The van der Waals surface area contributed by atoms with Crippen molar-refractivity contribution in [1.82, 2.24) is 9.91 Å². The van der Waals surface area contributed by atoms with Crippen molar-refractivity contribution in [3.8, 4) is 0 Å². The molecule has 0 fully saturated rings. The van der Waals surface area contributed by atoms with E-state index in [2.05, 4.69) is 15.1 Å². The van der Waals surface area contributed by atoms with Crippen molar-refractivity contribution < 1.29 is 9.84 Å². The summed E-state index contributed by atoms with van der Waals surface area (Å²) in [7, 11) is 1.85. The van der Waals surface area contributed by atoms with E-state index in [0.717, 1.165) is 11.4 Å². The molecule has 0 bridgehead atoms. The monoisotopic (exact) mass is 264 g/mol. The lowest BCUT2D eigenvalue weighted by Gasteiger charge is -2.35. The van der Waals surface area contributed by atoms with Crippen LogP contribution in [0.15, 0.2) is 26.9 Å². The number of amidine groups is 2. The highest BCUT2D eigenvalue weighted by Gasteiger charge is 2.44.